The van der Waals surface area contributed by atoms with Crippen molar-refractivity contribution in [2.24, 2.45) is 16.8 Å². The second kappa shape index (κ2) is 26.6. The zero-order valence-corrected chi connectivity index (χ0v) is 36.8. The van der Waals surface area contributed by atoms with Crippen LogP contribution in [0.1, 0.15) is 65.8 Å². The largest absolute Gasteiger partial charge is 0.453 e. The van der Waals surface area contributed by atoms with Crippen LogP contribution in [0, 0.1) is 11.8 Å². The number of aldehydes is 1. The number of methoxy groups -OCH3 is 1. The zero-order chi connectivity index (χ0) is 42.4. The summed E-state index contributed by atoms with van der Waals surface area (Å²) < 4.78 is 4.15. The number of imidazole rings is 1. The quantitative estimate of drug-likeness (QED) is 0.0540. The fourth-order valence-corrected chi connectivity index (χ4v) is 5.36. The van der Waals surface area contributed by atoms with Gasteiger partial charge in [-0.15, -0.1) is 0 Å². The number of halogens is 2. The Morgan fingerprint density at radius 1 is 0.875 bits per heavy atom. The first kappa shape index (κ1) is 49.7. The summed E-state index contributed by atoms with van der Waals surface area (Å²) in [6, 6.07) is 16.3. The molecule has 0 aliphatic carbocycles. The molecule has 15 heteroatoms. The van der Waals surface area contributed by atoms with Gasteiger partial charge in [-0.25, -0.2) is 29.8 Å². The molecule has 3 aromatic rings. The molecule has 0 aliphatic rings. The summed E-state index contributed by atoms with van der Waals surface area (Å²) in [5, 5.41) is 14.1. The Balaban J connectivity index is 0.00000113. The van der Waals surface area contributed by atoms with Gasteiger partial charge in [-0.05, 0) is 23.0 Å². The molecule has 0 atom stereocenters. The first-order chi connectivity index (χ1) is 26.6. The second-order valence-corrected chi connectivity index (χ2v) is 14.3. The molecule has 0 bridgehead atoms. The Kier molecular flexibility index (Phi) is 23.6. The average molecular weight is 817 g/mol. The van der Waals surface area contributed by atoms with Crippen molar-refractivity contribution in [2.75, 3.05) is 62.0 Å². The number of benzene rings is 2. The smallest absolute Gasteiger partial charge is 0.406 e. The normalized spacial score (nSPS) is 11.6. The molecule has 2 aromatic carbocycles. The molecule has 0 fully saturated rings. The van der Waals surface area contributed by atoms with E-state index in [-0.39, 0.29) is 11.8 Å². The van der Waals surface area contributed by atoms with Gasteiger partial charge in [0, 0.05) is 85.1 Å². The molecule has 3 N–H and O–H groups in total. The Morgan fingerprint density at radius 2 is 1.43 bits per heavy atom. The van der Waals surface area contributed by atoms with Crippen LogP contribution in [-0.2, 0) is 20.9 Å². The number of hydrazine groups is 2. The van der Waals surface area contributed by atoms with Gasteiger partial charge in [0.15, 0.2) is 5.16 Å². The van der Waals surface area contributed by atoms with Crippen molar-refractivity contribution in [3.05, 3.63) is 70.2 Å². The molecule has 1 heterocycles. The summed E-state index contributed by atoms with van der Waals surface area (Å²) in [5.41, 5.74) is 5.38. The van der Waals surface area contributed by atoms with Crippen LogP contribution in [0.5, 0.6) is 0 Å². The molecule has 0 unspecified atom stereocenters. The maximum atomic E-state index is 12.9. The summed E-state index contributed by atoms with van der Waals surface area (Å²) in [6.07, 6.45) is 3.51. The van der Waals surface area contributed by atoms with Gasteiger partial charge in [0.2, 0.25) is 5.91 Å². The van der Waals surface area contributed by atoms with E-state index in [1.807, 2.05) is 110 Å². The van der Waals surface area contributed by atoms with Crippen LogP contribution in [0.3, 0.4) is 0 Å². The van der Waals surface area contributed by atoms with E-state index in [1.165, 1.54) is 14.2 Å². The van der Waals surface area contributed by atoms with E-state index < -0.39 is 6.09 Å². The topological polar surface area (TPSA) is 138 Å². The fourth-order valence-electron chi connectivity index (χ4n) is 4.83. The summed E-state index contributed by atoms with van der Waals surface area (Å²) in [5.74, 6) is 1.50. The summed E-state index contributed by atoms with van der Waals surface area (Å²) in [6.45, 7) is 14.8. The van der Waals surface area contributed by atoms with Crippen molar-refractivity contribution in [1.82, 2.24) is 40.6 Å². The third kappa shape index (κ3) is 17.3. The van der Waals surface area contributed by atoms with Gasteiger partial charge in [-0.3, -0.25) is 9.80 Å². The van der Waals surface area contributed by atoms with E-state index in [1.54, 1.807) is 5.01 Å². The number of nitrogens with zero attached hydrogens (tertiary/aromatic N) is 6. The van der Waals surface area contributed by atoms with Crippen molar-refractivity contribution in [3.63, 3.8) is 0 Å². The van der Waals surface area contributed by atoms with E-state index in [4.69, 9.17) is 28.2 Å². The first-order valence-corrected chi connectivity index (χ1v) is 19.5. The lowest BCUT2D eigenvalue weighted by Crippen LogP contribution is -2.44. The number of amides is 2. The molecule has 3 rings (SSSR count). The van der Waals surface area contributed by atoms with Crippen LogP contribution in [0.25, 0.3) is 28.1 Å². The number of ether oxygens (including phenoxy) is 1. The van der Waals surface area contributed by atoms with Crippen LogP contribution >= 0.6 is 23.2 Å². The van der Waals surface area contributed by atoms with E-state index in [0.29, 0.717) is 60.2 Å². The lowest BCUT2D eigenvalue weighted by atomic mass is 10.0. The Labute approximate surface area is 344 Å². The molecule has 0 saturated heterocycles. The summed E-state index contributed by atoms with van der Waals surface area (Å²) >= 11 is 13.1. The minimum absolute atomic E-state index is 0.0596. The van der Waals surface area contributed by atoms with Gasteiger partial charge in [0.25, 0.3) is 0 Å². The number of alkyl carbamates (subject to hydrolysis) is 1. The SMILES string of the molecule is CC(C)CC=O.CCN(C)N(C)C/C=N/C(Cl)=C(\NC)c1ccc(-c2ccc(-c3nc(CN(C(=O)CC(C)C)N(C)CC)[nH]c3Cl)cc2)cc1.CNC(=O)OC. The second-order valence-electron chi connectivity index (χ2n) is 13.6. The lowest BCUT2D eigenvalue weighted by Gasteiger charge is -2.31. The molecule has 0 saturated carbocycles. The fraction of sp³-hybridized carbons (Fsp3) is 0.488. The van der Waals surface area contributed by atoms with Gasteiger partial charge in [0.05, 0.1) is 19.4 Å². The zero-order valence-electron chi connectivity index (χ0n) is 35.2. The summed E-state index contributed by atoms with van der Waals surface area (Å²) in [7, 11) is 10.6. The van der Waals surface area contributed by atoms with Crippen molar-refractivity contribution >= 4 is 53.4 Å². The molecular weight excluding hydrogens is 753 g/mol. The van der Waals surface area contributed by atoms with Crippen LogP contribution in [0.15, 0.2) is 58.7 Å². The standard InChI is InChI=1S/C33H46Cl2N8O.C5H10O.C3H7NO2/c1-9-40(6)42(8)20-19-37-32(34)30(36-5)26-15-11-24(12-16-26)25-13-17-27(18-14-25)31-33(35)39-28(38-31)22-43(41(7)10-2)29(44)21-23(3)4;1-5(2)3-4-6;1-4-3(5)6-2/h11-19,23,36H,9-10,20-22H2,1-8H3,(H,38,39);4-5H,3H2,1-2H3;1-2H3,(H,4,5)/b32-30-,37-19+;;. The third-order valence-electron chi connectivity index (χ3n) is 8.42. The molecule has 0 spiro atoms. The number of hydrogen-bond acceptors (Lipinski definition) is 10. The highest BCUT2D eigenvalue weighted by molar-refractivity contribution is 6.32. The molecule has 310 valence electrons. The minimum Gasteiger partial charge on any atom is -0.453 e. The van der Waals surface area contributed by atoms with Crippen LogP contribution in [0.4, 0.5) is 4.79 Å². The molecule has 0 aliphatic heterocycles. The predicted octanol–water partition coefficient (Wildman–Crippen LogP) is 7.80. The van der Waals surface area contributed by atoms with Gasteiger partial charge < -0.3 is 25.1 Å². The maximum Gasteiger partial charge on any atom is 0.406 e. The number of aromatic nitrogens is 2. The highest BCUT2D eigenvalue weighted by Crippen LogP contribution is 2.30. The molecule has 1 aromatic heterocycles. The number of H-pyrrole nitrogens is 1. The van der Waals surface area contributed by atoms with Gasteiger partial charge in [-0.2, -0.15) is 0 Å². The first-order valence-electron chi connectivity index (χ1n) is 18.7. The van der Waals surface area contributed by atoms with Crippen molar-refractivity contribution in [1.29, 1.82) is 0 Å². The van der Waals surface area contributed by atoms with Crippen LogP contribution < -0.4 is 10.6 Å². The van der Waals surface area contributed by atoms with Gasteiger partial charge in [-0.1, -0.05) is 113 Å². The third-order valence-corrected chi connectivity index (χ3v) is 8.98. The molecule has 2 amide bonds. The van der Waals surface area contributed by atoms with E-state index in [9.17, 15) is 14.4 Å². The number of hydrogen-bond donors (Lipinski definition) is 3. The monoisotopic (exact) mass is 815 g/mol. The number of aliphatic imine (C=N–C) groups is 1. The minimum atomic E-state index is -0.407. The number of aromatic amines is 1. The number of carbonyl (C=O) groups excluding carboxylic acids is 3. The highest BCUT2D eigenvalue weighted by Gasteiger charge is 2.21. The van der Waals surface area contributed by atoms with Crippen molar-refractivity contribution < 1.29 is 19.1 Å². The lowest BCUT2D eigenvalue weighted by molar-refractivity contribution is -0.149. The van der Waals surface area contributed by atoms with Crippen LogP contribution in [0.2, 0.25) is 5.15 Å². The van der Waals surface area contributed by atoms with Gasteiger partial charge in [0.1, 0.15) is 23.0 Å². The summed E-state index contributed by atoms with van der Waals surface area (Å²) in [4.78, 5) is 44.7. The molecule has 56 heavy (non-hydrogen) atoms. The predicted molar refractivity (Wildman–Crippen MR) is 231 cm³/mol. The number of rotatable bonds is 17. The number of nitrogens with one attached hydrogen (secondary N) is 3. The van der Waals surface area contributed by atoms with Crippen molar-refractivity contribution in [3.8, 4) is 22.4 Å². The van der Waals surface area contributed by atoms with Gasteiger partial charge >= 0.3 is 6.09 Å². The average Bonchev–Trinajstić information content (AvgIpc) is 3.56. The van der Waals surface area contributed by atoms with E-state index in [2.05, 4.69) is 54.4 Å². The number of carbonyl (C=O) groups is 3. The highest BCUT2D eigenvalue weighted by atomic mass is 35.5. The molecule has 13 nitrogen and oxygen atoms in total. The van der Waals surface area contributed by atoms with Crippen molar-refractivity contribution in [2.45, 2.75) is 60.9 Å². The maximum absolute atomic E-state index is 12.9. The molecule has 0 radical (unpaired) electrons. The van der Waals surface area contributed by atoms with Crippen LogP contribution in [-0.4, -0.2) is 116 Å². The Bertz CT molecular complexity index is 1670. The Morgan fingerprint density at radius 3 is 1.86 bits per heavy atom. The Hall–Kier alpha value is -4.27. The van der Waals surface area contributed by atoms with E-state index >= 15 is 0 Å². The molecular formula is C41H63Cl2N9O4. The van der Waals surface area contributed by atoms with E-state index in [0.717, 1.165) is 40.8 Å².